The second-order valence-electron chi connectivity index (χ2n) is 5.38. The molecule has 1 unspecified atom stereocenters. The molecule has 0 bridgehead atoms. The van der Waals surface area contributed by atoms with Crippen molar-refractivity contribution in [1.29, 1.82) is 0 Å². The lowest BCUT2D eigenvalue weighted by atomic mass is 10.1. The monoisotopic (exact) mass is 258 g/mol. The topological polar surface area (TPSA) is 40.6 Å². The fourth-order valence-electron chi connectivity index (χ4n) is 3.09. The minimum atomic E-state index is 0.303. The Morgan fingerprint density at radius 3 is 2.89 bits per heavy atom. The number of hydrogen-bond donors (Lipinski definition) is 0. The van der Waals surface area contributed by atoms with Crippen LogP contribution in [0.1, 0.15) is 28.8 Å². The summed E-state index contributed by atoms with van der Waals surface area (Å²) in [7, 11) is 0. The molecule has 2 aliphatic rings. The summed E-state index contributed by atoms with van der Waals surface area (Å²) in [6.45, 7) is 4.56. The first-order valence-corrected chi connectivity index (χ1v) is 6.79. The molecule has 0 N–H and O–H groups in total. The summed E-state index contributed by atoms with van der Waals surface area (Å²) < 4.78 is 0. The lowest BCUT2D eigenvalue weighted by Gasteiger charge is -2.39. The van der Waals surface area contributed by atoms with Gasteiger partial charge < -0.3 is 9.80 Å². The van der Waals surface area contributed by atoms with E-state index in [1.165, 1.54) is 0 Å². The Kier molecular flexibility index (Phi) is 3.01. The highest BCUT2D eigenvalue weighted by Crippen LogP contribution is 2.27. The number of piperazine rings is 1. The summed E-state index contributed by atoms with van der Waals surface area (Å²) in [6, 6.07) is 6.32. The summed E-state index contributed by atoms with van der Waals surface area (Å²) >= 11 is 0. The van der Waals surface area contributed by atoms with Crippen LogP contribution in [0.25, 0.3) is 0 Å². The zero-order valence-corrected chi connectivity index (χ0v) is 11.1. The fraction of sp³-hybridized carbons (Fsp3) is 0.467. The van der Waals surface area contributed by atoms with E-state index in [4.69, 9.17) is 0 Å². The number of benzene rings is 1. The molecule has 2 aliphatic heterocycles. The number of nitrogens with zero attached hydrogens (tertiary/aromatic N) is 2. The van der Waals surface area contributed by atoms with Crippen LogP contribution >= 0.6 is 0 Å². The largest absolute Gasteiger partial charge is 0.368 e. The Morgan fingerprint density at radius 2 is 2.16 bits per heavy atom. The molecule has 19 heavy (non-hydrogen) atoms. The molecule has 0 aromatic heterocycles. The molecule has 1 atom stereocenters. The third-order valence-electron chi connectivity index (χ3n) is 4.24. The first kappa shape index (κ1) is 12.2. The van der Waals surface area contributed by atoms with Crippen molar-refractivity contribution in [2.45, 2.75) is 25.8 Å². The highest BCUT2D eigenvalue weighted by molar-refractivity contribution is 5.80. The summed E-state index contributed by atoms with van der Waals surface area (Å²) in [5.41, 5.74) is 2.91. The van der Waals surface area contributed by atoms with Crippen molar-refractivity contribution >= 4 is 17.9 Å². The van der Waals surface area contributed by atoms with Crippen LogP contribution in [-0.2, 0) is 4.79 Å². The van der Waals surface area contributed by atoms with Crippen molar-refractivity contribution in [2.75, 3.05) is 24.5 Å². The average Bonchev–Trinajstić information content (AvgIpc) is 2.80. The Bertz CT molecular complexity index is 527. The van der Waals surface area contributed by atoms with E-state index in [0.29, 0.717) is 18.4 Å². The van der Waals surface area contributed by atoms with Crippen LogP contribution in [0.15, 0.2) is 18.2 Å². The lowest BCUT2D eigenvalue weighted by molar-refractivity contribution is -0.129. The first-order valence-electron chi connectivity index (χ1n) is 6.79. The van der Waals surface area contributed by atoms with Gasteiger partial charge in [-0.3, -0.25) is 9.59 Å². The molecule has 4 heteroatoms. The molecule has 100 valence electrons. The number of aryl methyl sites for hydroxylation is 1. The van der Waals surface area contributed by atoms with Crippen LogP contribution in [0.3, 0.4) is 0 Å². The summed E-state index contributed by atoms with van der Waals surface area (Å²) in [5.74, 6) is 0.303. The van der Waals surface area contributed by atoms with Crippen LogP contribution in [0, 0.1) is 6.92 Å². The number of hydrogen-bond acceptors (Lipinski definition) is 3. The number of aldehydes is 1. The van der Waals surface area contributed by atoms with Gasteiger partial charge in [0, 0.05) is 43.3 Å². The van der Waals surface area contributed by atoms with E-state index < -0.39 is 0 Å². The molecule has 2 saturated heterocycles. The maximum absolute atomic E-state index is 11.7. The van der Waals surface area contributed by atoms with Gasteiger partial charge in [-0.2, -0.15) is 0 Å². The molecule has 4 nitrogen and oxygen atoms in total. The molecule has 2 fully saturated rings. The Morgan fingerprint density at radius 1 is 1.32 bits per heavy atom. The standard InChI is InChI=1S/C15H18N2O2/c1-11-8-13(3-2-12(11)10-18)16-6-7-17-14(9-16)4-5-15(17)19/h2-3,8,10,14H,4-7,9H2,1H3. The number of carbonyl (C=O) groups is 2. The van der Waals surface area contributed by atoms with E-state index >= 15 is 0 Å². The molecule has 0 aliphatic carbocycles. The van der Waals surface area contributed by atoms with E-state index in [-0.39, 0.29) is 0 Å². The molecule has 3 rings (SSSR count). The van der Waals surface area contributed by atoms with Gasteiger partial charge in [0.2, 0.25) is 5.91 Å². The van der Waals surface area contributed by atoms with Crippen molar-refractivity contribution in [3.8, 4) is 0 Å². The Hall–Kier alpha value is -1.84. The zero-order valence-electron chi connectivity index (χ0n) is 11.1. The van der Waals surface area contributed by atoms with E-state index in [0.717, 1.165) is 49.2 Å². The molecular formula is C15H18N2O2. The molecule has 0 spiro atoms. The van der Waals surface area contributed by atoms with Crippen molar-refractivity contribution < 1.29 is 9.59 Å². The maximum atomic E-state index is 11.7. The van der Waals surface area contributed by atoms with Crippen LogP contribution in [-0.4, -0.2) is 42.8 Å². The maximum Gasteiger partial charge on any atom is 0.223 e. The first-order chi connectivity index (χ1) is 9.19. The second kappa shape index (κ2) is 4.68. The predicted molar refractivity (Wildman–Crippen MR) is 73.5 cm³/mol. The average molecular weight is 258 g/mol. The normalized spacial score (nSPS) is 22.6. The summed E-state index contributed by atoms with van der Waals surface area (Å²) in [4.78, 5) is 26.8. The number of fused-ring (bicyclic) bond motifs is 1. The molecule has 1 aromatic carbocycles. The zero-order chi connectivity index (χ0) is 13.4. The van der Waals surface area contributed by atoms with E-state index in [9.17, 15) is 9.59 Å². The van der Waals surface area contributed by atoms with Crippen molar-refractivity contribution in [2.24, 2.45) is 0 Å². The molecular weight excluding hydrogens is 240 g/mol. The van der Waals surface area contributed by atoms with Gasteiger partial charge in [0.25, 0.3) is 0 Å². The molecule has 1 aromatic rings. The molecule has 2 heterocycles. The molecule has 0 saturated carbocycles. The summed E-state index contributed by atoms with van der Waals surface area (Å²) in [6.07, 6.45) is 2.56. The van der Waals surface area contributed by atoms with Crippen molar-refractivity contribution in [1.82, 2.24) is 4.90 Å². The van der Waals surface area contributed by atoms with Crippen LogP contribution in [0.2, 0.25) is 0 Å². The quantitative estimate of drug-likeness (QED) is 0.757. The van der Waals surface area contributed by atoms with Crippen LogP contribution in [0.5, 0.6) is 0 Å². The van der Waals surface area contributed by atoms with E-state index in [1.807, 2.05) is 24.0 Å². The number of amides is 1. The van der Waals surface area contributed by atoms with Crippen molar-refractivity contribution in [3.63, 3.8) is 0 Å². The van der Waals surface area contributed by atoms with Gasteiger partial charge in [0.1, 0.15) is 6.29 Å². The lowest BCUT2D eigenvalue weighted by Crippen LogP contribution is -2.51. The summed E-state index contributed by atoms with van der Waals surface area (Å²) in [5, 5.41) is 0. The fourth-order valence-corrected chi connectivity index (χ4v) is 3.09. The third-order valence-corrected chi connectivity index (χ3v) is 4.24. The second-order valence-corrected chi connectivity index (χ2v) is 5.38. The van der Waals surface area contributed by atoms with Crippen molar-refractivity contribution in [3.05, 3.63) is 29.3 Å². The van der Waals surface area contributed by atoms with Gasteiger partial charge in [-0.05, 0) is 37.1 Å². The molecule has 0 radical (unpaired) electrons. The highest BCUT2D eigenvalue weighted by atomic mass is 16.2. The van der Waals surface area contributed by atoms with E-state index in [2.05, 4.69) is 11.0 Å². The van der Waals surface area contributed by atoms with Gasteiger partial charge in [0.05, 0.1) is 0 Å². The predicted octanol–water partition coefficient (Wildman–Crippen LogP) is 1.62. The minimum absolute atomic E-state index is 0.303. The highest BCUT2D eigenvalue weighted by Gasteiger charge is 2.35. The SMILES string of the molecule is Cc1cc(N2CCN3C(=O)CCC3C2)ccc1C=O. The number of carbonyl (C=O) groups excluding carboxylic acids is 2. The van der Waals surface area contributed by atoms with Gasteiger partial charge in [-0.15, -0.1) is 0 Å². The number of anilines is 1. The smallest absolute Gasteiger partial charge is 0.223 e. The van der Waals surface area contributed by atoms with Crippen LogP contribution in [0.4, 0.5) is 5.69 Å². The minimum Gasteiger partial charge on any atom is -0.368 e. The van der Waals surface area contributed by atoms with Gasteiger partial charge in [-0.1, -0.05) is 0 Å². The van der Waals surface area contributed by atoms with Gasteiger partial charge in [0.15, 0.2) is 0 Å². The van der Waals surface area contributed by atoms with Crippen LogP contribution < -0.4 is 4.90 Å². The van der Waals surface area contributed by atoms with Gasteiger partial charge in [-0.25, -0.2) is 0 Å². The third kappa shape index (κ3) is 2.11. The van der Waals surface area contributed by atoms with E-state index in [1.54, 1.807) is 0 Å². The number of rotatable bonds is 2. The Labute approximate surface area is 113 Å². The Balaban J connectivity index is 1.78. The molecule has 1 amide bonds. The van der Waals surface area contributed by atoms with Gasteiger partial charge >= 0.3 is 0 Å².